The quantitative estimate of drug-likeness (QED) is 0.806. The Balaban J connectivity index is 2.21. The molecule has 0 radical (unpaired) electrons. The van der Waals surface area contributed by atoms with Gasteiger partial charge in [-0.1, -0.05) is 11.6 Å². The van der Waals surface area contributed by atoms with Crippen molar-refractivity contribution in [3.63, 3.8) is 0 Å². The molecule has 1 aromatic heterocycles. The van der Waals surface area contributed by atoms with Gasteiger partial charge in [-0.15, -0.1) is 0 Å². The van der Waals surface area contributed by atoms with Gasteiger partial charge in [0.2, 0.25) is 0 Å². The van der Waals surface area contributed by atoms with Crippen LogP contribution in [0.4, 0.5) is 5.82 Å². The van der Waals surface area contributed by atoms with Crippen LogP contribution in [0.2, 0.25) is 5.02 Å². The fourth-order valence-corrected chi connectivity index (χ4v) is 2.35. The number of carbonyl (C=O) groups is 1. The average molecular weight is 272 g/mol. The molecule has 0 bridgehead atoms. The number of carbonyl (C=O) groups excluding carboxylic acids is 1. The minimum Gasteiger partial charge on any atom is -0.469 e. The lowest BCUT2D eigenvalue weighted by Gasteiger charge is -2.32. The van der Waals surface area contributed by atoms with Crippen molar-refractivity contribution in [1.29, 1.82) is 0 Å². The van der Waals surface area contributed by atoms with Gasteiger partial charge < -0.3 is 14.6 Å². The van der Waals surface area contributed by atoms with Gasteiger partial charge in [-0.2, -0.15) is 0 Å². The Morgan fingerprint density at radius 1 is 1.67 bits per heavy atom. The number of nitrogens with one attached hydrogen (secondary N) is 1. The molecule has 7 heteroatoms. The Bertz CT molecular complexity index is 503. The van der Waals surface area contributed by atoms with Gasteiger partial charge in [0.05, 0.1) is 19.4 Å². The van der Waals surface area contributed by atoms with E-state index in [0.717, 1.165) is 19.4 Å². The van der Waals surface area contributed by atoms with E-state index >= 15 is 0 Å². The maximum absolute atomic E-state index is 11.5. The van der Waals surface area contributed by atoms with E-state index in [1.54, 1.807) is 0 Å². The smallest absolute Gasteiger partial charge is 0.310 e. The molecule has 2 rings (SSSR count). The normalized spacial score (nSPS) is 19.7. The topological polar surface area (TPSA) is 75.3 Å². The maximum Gasteiger partial charge on any atom is 0.310 e. The highest BCUT2D eigenvalue weighted by Gasteiger charge is 2.28. The summed E-state index contributed by atoms with van der Waals surface area (Å²) in [4.78, 5) is 31.3. The van der Waals surface area contributed by atoms with Gasteiger partial charge in [0.25, 0.3) is 5.56 Å². The van der Waals surface area contributed by atoms with E-state index in [1.165, 1.54) is 13.4 Å². The van der Waals surface area contributed by atoms with Crippen molar-refractivity contribution in [3.05, 3.63) is 21.7 Å². The first-order chi connectivity index (χ1) is 8.63. The Hall–Kier alpha value is -1.56. The monoisotopic (exact) mass is 271 g/mol. The summed E-state index contributed by atoms with van der Waals surface area (Å²) < 4.78 is 4.74. The molecule has 1 aromatic rings. The molecule has 2 heterocycles. The zero-order valence-electron chi connectivity index (χ0n) is 9.98. The minimum absolute atomic E-state index is 0.0583. The number of halogens is 1. The molecule has 1 atom stereocenters. The molecule has 1 aliphatic heterocycles. The second-order valence-electron chi connectivity index (χ2n) is 4.18. The van der Waals surface area contributed by atoms with Gasteiger partial charge in [0.1, 0.15) is 5.02 Å². The van der Waals surface area contributed by atoms with Crippen molar-refractivity contribution in [2.75, 3.05) is 25.1 Å². The standard InChI is InChI=1S/C11H14ClN3O3/c1-18-11(17)7-3-2-4-15(5-7)9-8(12)10(16)14-6-13-9/h6-7H,2-5H2,1H3,(H,13,14,16). The highest BCUT2D eigenvalue weighted by molar-refractivity contribution is 6.32. The van der Waals surface area contributed by atoms with Gasteiger partial charge >= 0.3 is 5.97 Å². The first kappa shape index (κ1) is 12.9. The summed E-state index contributed by atoms with van der Waals surface area (Å²) in [5, 5.41) is 0.0583. The second-order valence-corrected chi connectivity index (χ2v) is 4.56. The molecule has 98 valence electrons. The second kappa shape index (κ2) is 5.39. The Morgan fingerprint density at radius 2 is 2.44 bits per heavy atom. The van der Waals surface area contributed by atoms with Crippen LogP contribution in [0.1, 0.15) is 12.8 Å². The van der Waals surface area contributed by atoms with Crippen LogP contribution in [0.5, 0.6) is 0 Å². The SMILES string of the molecule is COC(=O)C1CCCN(c2nc[nH]c(=O)c2Cl)C1. The van der Waals surface area contributed by atoms with Crippen molar-refractivity contribution in [2.24, 2.45) is 5.92 Å². The molecule has 1 unspecified atom stereocenters. The largest absolute Gasteiger partial charge is 0.469 e. The summed E-state index contributed by atoms with van der Waals surface area (Å²) in [6, 6.07) is 0. The fraction of sp³-hybridized carbons (Fsp3) is 0.545. The lowest BCUT2D eigenvalue weighted by atomic mass is 9.98. The number of nitrogens with zero attached hydrogens (tertiary/aromatic N) is 2. The molecule has 0 aliphatic carbocycles. The molecular formula is C11H14ClN3O3. The van der Waals surface area contributed by atoms with Crippen molar-refractivity contribution in [3.8, 4) is 0 Å². The van der Waals surface area contributed by atoms with Crippen LogP contribution in [0, 0.1) is 5.92 Å². The summed E-state index contributed by atoms with van der Waals surface area (Å²) >= 11 is 5.92. The number of aromatic nitrogens is 2. The highest BCUT2D eigenvalue weighted by atomic mass is 35.5. The summed E-state index contributed by atoms with van der Waals surface area (Å²) in [6.07, 6.45) is 2.93. The summed E-state index contributed by atoms with van der Waals surface area (Å²) in [6.45, 7) is 1.20. The van der Waals surface area contributed by atoms with Gasteiger partial charge in [0.15, 0.2) is 5.82 Å². The van der Waals surface area contributed by atoms with Crippen LogP contribution in [0.15, 0.2) is 11.1 Å². The van der Waals surface area contributed by atoms with E-state index < -0.39 is 0 Å². The van der Waals surface area contributed by atoms with Gasteiger partial charge in [-0.25, -0.2) is 4.98 Å². The van der Waals surface area contributed by atoms with Crippen molar-refractivity contribution in [2.45, 2.75) is 12.8 Å². The number of hydrogen-bond acceptors (Lipinski definition) is 5. The predicted molar refractivity (Wildman–Crippen MR) is 66.8 cm³/mol. The van der Waals surface area contributed by atoms with Crippen LogP contribution in [-0.2, 0) is 9.53 Å². The Kier molecular flexibility index (Phi) is 3.86. The number of rotatable bonds is 2. The zero-order chi connectivity index (χ0) is 13.1. The van der Waals surface area contributed by atoms with Gasteiger partial charge in [-0.05, 0) is 12.8 Å². The van der Waals surface area contributed by atoms with E-state index in [-0.39, 0.29) is 22.5 Å². The lowest BCUT2D eigenvalue weighted by molar-refractivity contribution is -0.145. The first-order valence-corrected chi connectivity index (χ1v) is 6.07. The van der Waals surface area contributed by atoms with Crippen LogP contribution in [-0.4, -0.2) is 36.1 Å². The fourth-order valence-electron chi connectivity index (χ4n) is 2.12. The van der Waals surface area contributed by atoms with E-state index in [2.05, 4.69) is 9.97 Å². The number of piperidine rings is 1. The number of aromatic amines is 1. The van der Waals surface area contributed by atoms with Gasteiger partial charge in [0, 0.05) is 13.1 Å². The van der Waals surface area contributed by atoms with E-state index in [9.17, 15) is 9.59 Å². The summed E-state index contributed by atoms with van der Waals surface area (Å²) in [5.74, 6) is -0.00409. The molecule has 0 aromatic carbocycles. The lowest BCUT2D eigenvalue weighted by Crippen LogP contribution is -2.40. The molecule has 18 heavy (non-hydrogen) atoms. The Morgan fingerprint density at radius 3 is 3.17 bits per heavy atom. The van der Waals surface area contributed by atoms with Crippen molar-refractivity contribution < 1.29 is 9.53 Å². The van der Waals surface area contributed by atoms with Crippen molar-refractivity contribution in [1.82, 2.24) is 9.97 Å². The Labute approximate surface area is 109 Å². The summed E-state index contributed by atoms with van der Waals surface area (Å²) in [7, 11) is 1.37. The molecule has 0 spiro atoms. The molecule has 6 nitrogen and oxygen atoms in total. The van der Waals surface area contributed by atoms with Crippen LogP contribution < -0.4 is 10.5 Å². The molecule has 1 aliphatic rings. The van der Waals surface area contributed by atoms with E-state index in [4.69, 9.17) is 16.3 Å². The summed E-state index contributed by atoms with van der Waals surface area (Å²) in [5.41, 5.74) is -0.373. The average Bonchev–Trinajstić information content (AvgIpc) is 2.41. The predicted octanol–water partition coefficient (Wildman–Crippen LogP) is 0.813. The molecule has 0 saturated carbocycles. The number of H-pyrrole nitrogens is 1. The maximum atomic E-state index is 11.5. The highest BCUT2D eigenvalue weighted by Crippen LogP contribution is 2.25. The first-order valence-electron chi connectivity index (χ1n) is 5.69. The number of ether oxygens (including phenoxy) is 1. The van der Waals surface area contributed by atoms with Crippen LogP contribution in [0.3, 0.4) is 0 Å². The van der Waals surface area contributed by atoms with Crippen LogP contribution >= 0.6 is 11.6 Å². The van der Waals surface area contributed by atoms with Gasteiger partial charge in [-0.3, -0.25) is 9.59 Å². The number of anilines is 1. The zero-order valence-corrected chi connectivity index (χ0v) is 10.7. The number of methoxy groups -OCH3 is 1. The third-order valence-electron chi connectivity index (χ3n) is 3.03. The number of esters is 1. The van der Waals surface area contributed by atoms with E-state index in [0.29, 0.717) is 12.4 Å². The molecular weight excluding hydrogens is 258 g/mol. The van der Waals surface area contributed by atoms with E-state index in [1.807, 2.05) is 4.90 Å². The third-order valence-corrected chi connectivity index (χ3v) is 3.37. The minimum atomic E-state index is -0.373. The molecule has 0 amide bonds. The van der Waals surface area contributed by atoms with Crippen LogP contribution in [0.25, 0.3) is 0 Å². The molecule has 1 saturated heterocycles. The molecule has 1 N–H and O–H groups in total. The molecule has 1 fully saturated rings. The number of hydrogen-bond donors (Lipinski definition) is 1. The van der Waals surface area contributed by atoms with Crippen molar-refractivity contribution >= 4 is 23.4 Å². The third kappa shape index (κ3) is 2.48.